The van der Waals surface area contributed by atoms with Crippen molar-refractivity contribution in [1.82, 2.24) is 9.88 Å². The van der Waals surface area contributed by atoms with Gasteiger partial charge in [0.15, 0.2) is 5.13 Å². The lowest BCUT2D eigenvalue weighted by atomic mass is 10.2. The summed E-state index contributed by atoms with van der Waals surface area (Å²) in [5.74, 6) is -0.0635. The summed E-state index contributed by atoms with van der Waals surface area (Å²) in [7, 11) is 4.05. The monoisotopic (exact) mass is 451 g/mol. The van der Waals surface area contributed by atoms with Gasteiger partial charge in [-0.2, -0.15) is 0 Å². The van der Waals surface area contributed by atoms with Crippen molar-refractivity contribution in [2.45, 2.75) is 6.42 Å². The Morgan fingerprint density at radius 2 is 1.92 bits per heavy atom. The van der Waals surface area contributed by atoms with Crippen molar-refractivity contribution >= 4 is 60.1 Å². The molecule has 0 radical (unpaired) electrons. The third-order valence-corrected chi connectivity index (χ3v) is 5.97. The van der Waals surface area contributed by atoms with E-state index in [2.05, 4.69) is 25.8 Å². The molecule has 0 aliphatic rings. The van der Waals surface area contributed by atoms with Crippen LogP contribution in [-0.4, -0.2) is 43.0 Å². The van der Waals surface area contributed by atoms with Crippen LogP contribution in [0.1, 0.15) is 16.8 Å². The molecule has 2 aromatic carbocycles. The van der Waals surface area contributed by atoms with Crippen molar-refractivity contribution in [1.29, 1.82) is 0 Å². The van der Waals surface area contributed by atoms with Crippen molar-refractivity contribution in [2.75, 3.05) is 32.1 Å². The van der Waals surface area contributed by atoms with E-state index in [1.807, 2.05) is 56.6 Å². The Morgan fingerprint density at radius 1 is 1.15 bits per heavy atom. The first kappa shape index (κ1) is 19.3. The van der Waals surface area contributed by atoms with E-state index >= 15 is 0 Å². The van der Waals surface area contributed by atoms with Gasteiger partial charge >= 0.3 is 0 Å². The van der Waals surface area contributed by atoms with Gasteiger partial charge in [-0.05, 0) is 67.3 Å². The summed E-state index contributed by atoms with van der Waals surface area (Å²) in [5.41, 5.74) is 1.37. The molecule has 0 fully saturated rings. The third-order valence-electron chi connectivity index (χ3n) is 3.93. The number of aromatic nitrogens is 1. The molecule has 0 aliphatic heterocycles. The van der Waals surface area contributed by atoms with Crippen LogP contribution in [0.15, 0.2) is 46.9 Å². The number of benzene rings is 2. The first-order valence-electron chi connectivity index (χ1n) is 8.23. The zero-order valence-electron chi connectivity index (χ0n) is 14.6. The highest BCUT2D eigenvalue weighted by molar-refractivity contribution is 9.10. The fourth-order valence-corrected chi connectivity index (χ4v) is 4.37. The number of halogens is 2. The maximum absolute atomic E-state index is 13.2. The standard InChI is InChI=1S/C19H19BrClN3OS/c1-23(2)11-6-12-24(18(25)13-7-3-4-8-14(13)20)19-22-17-15(21)9-5-10-16(17)26-19/h3-5,7-10H,6,11-12H2,1-2H3. The van der Waals surface area contributed by atoms with E-state index in [-0.39, 0.29) is 5.91 Å². The maximum atomic E-state index is 13.2. The van der Waals surface area contributed by atoms with E-state index in [4.69, 9.17) is 11.6 Å². The van der Waals surface area contributed by atoms with Gasteiger partial charge in [-0.3, -0.25) is 9.69 Å². The summed E-state index contributed by atoms with van der Waals surface area (Å²) in [6.45, 7) is 1.49. The molecule has 0 atom stereocenters. The van der Waals surface area contributed by atoms with Gasteiger partial charge in [0.2, 0.25) is 0 Å². The summed E-state index contributed by atoms with van der Waals surface area (Å²) in [6.07, 6.45) is 0.854. The van der Waals surface area contributed by atoms with E-state index in [1.165, 1.54) is 11.3 Å². The molecular weight excluding hydrogens is 434 g/mol. The Morgan fingerprint density at radius 3 is 2.62 bits per heavy atom. The van der Waals surface area contributed by atoms with E-state index < -0.39 is 0 Å². The number of carbonyl (C=O) groups excluding carboxylic acids is 1. The number of amides is 1. The lowest BCUT2D eigenvalue weighted by molar-refractivity contribution is 0.0985. The first-order chi connectivity index (χ1) is 12.5. The van der Waals surface area contributed by atoms with Crippen LogP contribution in [0.25, 0.3) is 10.2 Å². The minimum atomic E-state index is -0.0635. The lowest BCUT2D eigenvalue weighted by Gasteiger charge is -2.21. The molecule has 3 aromatic rings. The van der Waals surface area contributed by atoms with Gasteiger partial charge < -0.3 is 4.90 Å². The fourth-order valence-electron chi connectivity index (χ4n) is 2.63. The van der Waals surface area contributed by atoms with Gasteiger partial charge in [0.05, 0.1) is 15.3 Å². The fraction of sp³-hybridized carbons (Fsp3) is 0.263. The molecule has 0 bridgehead atoms. The molecule has 1 heterocycles. The lowest BCUT2D eigenvalue weighted by Crippen LogP contribution is -2.33. The number of para-hydroxylation sites is 1. The Labute approximate surface area is 170 Å². The number of rotatable bonds is 6. The second kappa shape index (κ2) is 8.48. The van der Waals surface area contributed by atoms with Crippen LogP contribution >= 0.6 is 38.9 Å². The highest BCUT2D eigenvalue weighted by Crippen LogP contribution is 2.34. The summed E-state index contributed by atoms with van der Waals surface area (Å²) >= 11 is 11.2. The average Bonchev–Trinajstić information content (AvgIpc) is 3.03. The molecule has 1 amide bonds. The molecular formula is C19H19BrClN3OS. The second-order valence-corrected chi connectivity index (χ2v) is 8.45. The zero-order chi connectivity index (χ0) is 18.7. The molecule has 4 nitrogen and oxygen atoms in total. The molecule has 136 valence electrons. The number of fused-ring (bicyclic) bond motifs is 1. The molecule has 0 saturated carbocycles. The van der Waals surface area contributed by atoms with Crippen molar-refractivity contribution < 1.29 is 4.79 Å². The maximum Gasteiger partial charge on any atom is 0.261 e. The highest BCUT2D eigenvalue weighted by Gasteiger charge is 2.23. The molecule has 0 N–H and O–H groups in total. The predicted molar refractivity (Wildman–Crippen MR) is 114 cm³/mol. The largest absolute Gasteiger partial charge is 0.309 e. The first-order valence-corrected chi connectivity index (χ1v) is 10.2. The van der Waals surface area contributed by atoms with E-state index in [0.29, 0.717) is 22.3 Å². The van der Waals surface area contributed by atoms with Crippen molar-refractivity contribution in [2.24, 2.45) is 0 Å². The summed E-state index contributed by atoms with van der Waals surface area (Å²) in [6, 6.07) is 13.2. The molecule has 3 rings (SSSR count). The molecule has 1 aromatic heterocycles. The van der Waals surface area contributed by atoms with Crippen molar-refractivity contribution in [3.8, 4) is 0 Å². The van der Waals surface area contributed by atoms with Crippen LogP contribution in [0.2, 0.25) is 5.02 Å². The minimum absolute atomic E-state index is 0.0635. The van der Waals surface area contributed by atoms with Crippen LogP contribution in [-0.2, 0) is 0 Å². The van der Waals surface area contributed by atoms with Crippen LogP contribution in [0.4, 0.5) is 5.13 Å². The second-order valence-electron chi connectivity index (χ2n) is 6.18. The molecule has 26 heavy (non-hydrogen) atoms. The predicted octanol–water partition coefficient (Wildman–Crippen LogP) is 5.31. The minimum Gasteiger partial charge on any atom is -0.309 e. The van der Waals surface area contributed by atoms with Crippen molar-refractivity contribution in [3.63, 3.8) is 0 Å². The smallest absolute Gasteiger partial charge is 0.261 e. The normalized spacial score (nSPS) is 11.3. The van der Waals surface area contributed by atoms with Crippen molar-refractivity contribution in [3.05, 3.63) is 57.5 Å². The number of carbonyl (C=O) groups is 1. The quantitative estimate of drug-likeness (QED) is 0.508. The Bertz CT molecular complexity index is 928. The highest BCUT2D eigenvalue weighted by atomic mass is 79.9. The summed E-state index contributed by atoms with van der Waals surface area (Å²) in [5, 5.41) is 1.28. The number of hydrogen-bond acceptors (Lipinski definition) is 4. The van der Waals surface area contributed by atoms with Gasteiger partial charge in [-0.25, -0.2) is 4.98 Å². The molecule has 0 aliphatic carbocycles. The van der Waals surface area contributed by atoms with Gasteiger partial charge in [0, 0.05) is 11.0 Å². The number of nitrogens with zero attached hydrogens (tertiary/aromatic N) is 3. The van der Waals surface area contributed by atoms with Crippen LogP contribution in [0.3, 0.4) is 0 Å². The molecule has 0 spiro atoms. The van der Waals surface area contributed by atoms with Gasteiger partial charge in [-0.1, -0.05) is 41.1 Å². The Balaban J connectivity index is 1.97. The third kappa shape index (κ3) is 4.26. The number of thiazole rings is 1. The topological polar surface area (TPSA) is 36.4 Å². The van der Waals surface area contributed by atoms with E-state index in [1.54, 1.807) is 4.90 Å². The Kier molecular flexibility index (Phi) is 6.29. The van der Waals surface area contributed by atoms with Gasteiger partial charge in [0.1, 0.15) is 5.52 Å². The molecule has 7 heteroatoms. The Hall–Kier alpha value is -1.47. The number of hydrogen-bond donors (Lipinski definition) is 0. The SMILES string of the molecule is CN(C)CCCN(C(=O)c1ccccc1Br)c1nc2c(Cl)cccc2s1. The molecule has 0 unspecified atom stereocenters. The van der Waals surface area contributed by atoms with E-state index in [0.717, 1.165) is 27.7 Å². The van der Waals surface area contributed by atoms with Gasteiger partial charge in [0.25, 0.3) is 5.91 Å². The van der Waals surface area contributed by atoms with Crippen LogP contribution < -0.4 is 4.90 Å². The average molecular weight is 453 g/mol. The summed E-state index contributed by atoms with van der Waals surface area (Å²) < 4.78 is 1.76. The number of anilines is 1. The van der Waals surface area contributed by atoms with Crippen LogP contribution in [0, 0.1) is 0 Å². The van der Waals surface area contributed by atoms with Crippen LogP contribution in [0.5, 0.6) is 0 Å². The van der Waals surface area contributed by atoms with E-state index in [9.17, 15) is 4.79 Å². The van der Waals surface area contributed by atoms with Gasteiger partial charge in [-0.15, -0.1) is 0 Å². The molecule has 0 saturated heterocycles. The zero-order valence-corrected chi connectivity index (χ0v) is 17.7. The summed E-state index contributed by atoms with van der Waals surface area (Å²) in [4.78, 5) is 21.7.